The van der Waals surface area contributed by atoms with Crippen molar-refractivity contribution in [2.45, 2.75) is 6.04 Å². The highest BCUT2D eigenvalue weighted by atomic mass is 35.5. The van der Waals surface area contributed by atoms with Crippen LogP contribution in [0.25, 0.3) is 0 Å². The Kier molecular flexibility index (Phi) is 3.84. The van der Waals surface area contributed by atoms with Crippen molar-refractivity contribution in [2.24, 2.45) is 5.73 Å². The molecule has 1 unspecified atom stereocenters. The van der Waals surface area contributed by atoms with Gasteiger partial charge in [0.1, 0.15) is 11.6 Å². The first-order chi connectivity index (χ1) is 8.61. The summed E-state index contributed by atoms with van der Waals surface area (Å²) in [5, 5.41) is 0.488. The number of nitrogens with two attached hydrogens (primary N) is 1. The summed E-state index contributed by atoms with van der Waals surface area (Å²) in [7, 11) is 1.55. The molecule has 18 heavy (non-hydrogen) atoms. The van der Waals surface area contributed by atoms with Crippen molar-refractivity contribution in [3.63, 3.8) is 0 Å². The summed E-state index contributed by atoms with van der Waals surface area (Å²) < 4.78 is 18.2. The first kappa shape index (κ1) is 12.9. The van der Waals surface area contributed by atoms with Crippen LogP contribution in [0.1, 0.15) is 17.2 Å². The number of ether oxygens (including phenoxy) is 1. The third kappa shape index (κ3) is 2.63. The molecule has 0 heterocycles. The van der Waals surface area contributed by atoms with Crippen LogP contribution in [0.5, 0.6) is 5.75 Å². The maximum Gasteiger partial charge on any atom is 0.137 e. The van der Waals surface area contributed by atoms with Crippen LogP contribution in [-0.2, 0) is 0 Å². The quantitative estimate of drug-likeness (QED) is 0.921. The van der Waals surface area contributed by atoms with E-state index in [2.05, 4.69) is 0 Å². The molecule has 0 saturated heterocycles. The lowest BCUT2D eigenvalue weighted by Crippen LogP contribution is -2.12. The molecule has 2 N–H and O–H groups in total. The van der Waals surface area contributed by atoms with E-state index >= 15 is 0 Å². The van der Waals surface area contributed by atoms with Crippen LogP contribution in [0, 0.1) is 5.82 Å². The van der Waals surface area contributed by atoms with Gasteiger partial charge in [-0.15, -0.1) is 0 Å². The summed E-state index contributed by atoms with van der Waals surface area (Å²) >= 11 is 6.04. The Morgan fingerprint density at radius 2 is 1.89 bits per heavy atom. The summed E-state index contributed by atoms with van der Waals surface area (Å²) in [6.45, 7) is 0. The van der Waals surface area contributed by atoms with E-state index < -0.39 is 6.04 Å². The average Bonchev–Trinajstić information content (AvgIpc) is 2.37. The van der Waals surface area contributed by atoms with Gasteiger partial charge in [0, 0.05) is 0 Å². The molecular weight excluding hydrogens is 253 g/mol. The lowest BCUT2D eigenvalue weighted by atomic mass is 9.99. The fourth-order valence-corrected chi connectivity index (χ4v) is 2.03. The Morgan fingerprint density at radius 3 is 2.50 bits per heavy atom. The number of hydrogen-bond acceptors (Lipinski definition) is 2. The largest absolute Gasteiger partial charge is 0.495 e. The average molecular weight is 266 g/mol. The molecule has 94 valence electrons. The van der Waals surface area contributed by atoms with Crippen molar-refractivity contribution < 1.29 is 9.13 Å². The molecule has 0 fully saturated rings. The third-order valence-corrected chi connectivity index (χ3v) is 3.04. The minimum Gasteiger partial charge on any atom is -0.495 e. The molecule has 0 saturated carbocycles. The summed E-state index contributed by atoms with van der Waals surface area (Å²) in [5.74, 6) is 0.286. The second-order valence-corrected chi connectivity index (χ2v) is 4.33. The molecule has 0 bridgehead atoms. The third-order valence-electron chi connectivity index (χ3n) is 2.74. The Hall–Kier alpha value is -1.58. The van der Waals surface area contributed by atoms with Gasteiger partial charge in [0.15, 0.2) is 0 Å². The predicted molar refractivity (Wildman–Crippen MR) is 70.4 cm³/mol. The van der Waals surface area contributed by atoms with E-state index in [9.17, 15) is 4.39 Å². The van der Waals surface area contributed by atoms with Crippen LogP contribution in [0.15, 0.2) is 42.5 Å². The van der Waals surface area contributed by atoms with Crippen LogP contribution >= 0.6 is 11.6 Å². The van der Waals surface area contributed by atoms with Gasteiger partial charge < -0.3 is 10.5 Å². The van der Waals surface area contributed by atoms with Crippen LogP contribution in [-0.4, -0.2) is 7.11 Å². The van der Waals surface area contributed by atoms with Gasteiger partial charge >= 0.3 is 0 Å². The van der Waals surface area contributed by atoms with Crippen molar-refractivity contribution in [3.05, 3.63) is 64.4 Å². The first-order valence-electron chi connectivity index (χ1n) is 5.46. The minimum absolute atomic E-state index is 0.303. The Bertz CT molecular complexity index is 559. The molecule has 0 aromatic heterocycles. The Labute approximate surface area is 110 Å². The molecule has 2 rings (SSSR count). The molecule has 0 aliphatic carbocycles. The molecule has 0 amide bonds. The number of hydrogen-bond donors (Lipinski definition) is 1. The zero-order valence-electron chi connectivity index (χ0n) is 9.86. The Balaban J connectivity index is 2.34. The number of benzene rings is 2. The predicted octanol–water partition coefficient (Wildman–Crippen LogP) is 3.54. The highest BCUT2D eigenvalue weighted by molar-refractivity contribution is 6.32. The second-order valence-electron chi connectivity index (χ2n) is 3.93. The molecule has 0 aliphatic heterocycles. The van der Waals surface area contributed by atoms with Crippen LogP contribution in [0.3, 0.4) is 0 Å². The van der Waals surface area contributed by atoms with E-state index in [1.54, 1.807) is 31.4 Å². The van der Waals surface area contributed by atoms with E-state index in [-0.39, 0.29) is 5.82 Å². The standard InChI is InChI=1S/C14H13ClFNO/c1-18-13-6-5-10(8-12(13)15)14(17)9-3-2-4-11(16)7-9/h2-8,14H,17H2,1H3. The fourth-order valence-electron chi connectivity index (χ4n) is 1.77. The molecule has 0 radical (unpaired) electrons. The van der Waals surface area contributed by atoms with Gasteiger partial charge in [-0.2, -0.15) is 0 Å². The van der Waals surface area contributed by atoms with Crippen molar-refractivity contribution in [1.29, 1.82) is 0 Å². The van der Waals surface area contributed by atoms with Gasteiger partial charge in [-0.25, -0.2) is 4.39 Å². The maximum atomic E-state index is 13.1. The summed E-state index contributed by atoms with van der Waals surface area (Å²) in [6.07, 6.45) is 0. The van der Waals surface area contributed by atoms with Gasteiger partial charge in [-0.05, 0) is 35.4 Å². The number of methoxy groups -OCH3 is 1. The van der Waals surface area contributed by atoms with Gasteiger partial charge in [0.05, 0.1) is 18.2 Å². The van der Waals surface area contributed by atoms with Crippen LogP contribution < -0.4 is 10.5 Å². The molecule has 2 nitrogen and oxygen atoms in total. The highest BCUT2D eigenvalue weighted by Gasteiger charge is 2.11. The van der Waals surface area contributed by atoms with Crippen molar-refractivity contribution in [3.8, 4) is 5.75 Å². The van der Waals surface area contributed by atoms with E-state index in [0.717, 1.165) is 5.56 Å². The van der Waals surface area contributed by atoms with E-state index in [4.69, 9.17) is 22.1 Å². The van der Waals surface area contributed by atoms with Gasteiger partial charge in [0.25, 0.3) is 0 Å². The van der Waals surface area contributed by atoms with E-state index in [1.807, 2.05) is 6.07 Å². The summed E-state index contributed by atoms with van der Waals surface area (Å²) in [4.78, 5) is 0. The SMILES string of the molecule is COc1ccc(C(N)c2cccc(F)c2)cc1Cl. The van der Waals surface area contributed by atoms with Crippen molar-refractivity contribution >= 4 is 11.6 Å². The molecule has 4 heteroatoms. The second kappa shape index (κ2) is 5.38. The van der Waals surface area contributed by atoms with E-state index in [0.29, 0.717) is 16.3 Å². The molecule has 0 aliphatic rings. The maximum absolute atomic E-state index is 13.1. The monoisotopic (exact) mass is 265 g/mol. The molecule has 0 spiro atoms. The normalized spacial score (nSPS) is 12.2. The van der Waals surface area contributed by atoms with Crippen molar-refractivity contribution in [2.75, 3.05) is 7.11 Å². The van der Waals surface area contributed by atoms with Crippen LogP contribution in [0.2, 0.25) is 5.02 Å². The van der Waals surface area contributed by atoms with Gasteiger partial charge in [-0.3, -0.25) is 0 Å². The molecule has 1 atom stereocenters. The zero-order valence-corrected chi connectivity index (χ0v) is 10.6. The lowest BCUT2D eigenvalue weighted by Gasteiger charge is -2.14. The smallest absolute Gasteiger partial charge is 0.137 e. The van der Waals surface area contributed by atoms with Gasteiger partial charge in [-0.1, -0.05) is 29.8 Å². The lowest BCUT2D eigenvalue weighted by molar-refractivity contribution is 0.415. The molecule has 2 aromatic carbocycles. The molecule has 2 aromatic rings. The number of rotatable bonds is 3. The zero-order chi connectivity index (χ0) is 13.1. The summed E-state index contributed by atoms with van der Waals surface area (Å²) in [6, 6.07) is 11.1. The minimum atomic E-state index is -0.413. The fraction of sp³-hybridized carbons (Fsp3) is 0.143. The Morgan fingerprint density at radius 1 is 1.17 bits per heavy atom. The number of halogens is 2. The molecular formula is C14H13ClFNO. The van der Waals surface area contributed by atoms with Gasteiger partial charge in [0.2, 0.25) is 0 Å². The van der Waals surface area contributed by atoms with E-state index in [1.165, 1.54) is 12.1 Å². The van der Waals surface area contributed by atoms with Crippen molar-refractivity contribution in [1.82, 2.24) is 0 Å². The topological polar surface area (TPSA) is 35.2 Å². The highest BCUT2D eigenvalue weighted by Crippen LogP contribution is 2.29. The van der Waals surface area contributed by atoms with Crippen LogP contribution in [0.4, 0.5) is 4.39 Å². The first-order valence-corrected chi connectivity index (χ1v) is 5.84. The summed E-state index contributed by atoms with van der Waals surface area (Å²) in [5.41, 5.74) is 7.60.